The van der Waals surface area contributed by atoms with Crippen molar-refractivity contribution in [2.75, 3.05) is 11.1 Å². The largest absolute Gasteiger partial charge is 0.417 e. The highest BCUT2D eigenvalue weighted by atomic mass is 35.5. The van der Waals surface area contributed by atoms with E-state index in [-0.39, 0.29) is 11.4 Å². The first-order valence-electron chi connectivity index (χ1n) is 11.0. The average molecular weight is 531 g/mol. The number of benzene rings is 3. The zero-order valence-electron chi connectivity index (χ0n) is 19.4. The third kappa shape index (κ3) is 6.09. The lowest BCUT2D eigenvalue weighted by Crippen LogP contribution is -2.16. The summed E-state index contributed by atoms with van der Waals surface area (Å²) < 4.78 is 41.3. The summed E-state index contributed by atoms with van der Waals surface area (Å²) in [5, 5.41) is 11.3. The predicted molar refractivity (Wildman–Crippen MR) is 136 cm³/mol. The Morgan fingerprint density at radius 3 is 2.44 bits per heavy atom. The lowest BCUT2D eigenvalue weighted by atomic mass is 10.1. The monoisotopic (exact) mass is 530 g/mol. The van der Waals surface area contributed by atoms with Gasteiger partial charge in [-0.25, -0.2) is 0 Å². The number of amides is 1. The molecule has 36 heavy (non-hydrogen) atoms. The third-order valence-corrected chi connectivity index (χ3v) is 6.80. The first-order valence-corrected chi connectivity index (χ1v) is 12.3. The van der Waals surface area contributed by atoms with E-state index in [1.54, 1.807) is 0 Å². The van der Waals surface area contributed by atoms with Gasteiger partial charge in [0.2, 0.25) is 5.91 Å². The second-order valence-electron chi connectivity index (χ2n) is 8.19. The Balaban J connectivity index is 1.56. The number of carbonyl (C=O) groups excluding carboxylic acids is 1. The molecule has 1 heterocycles. The quantitative estimate of drug-likeness (QED) is 0.265. The van der Waals surface area contributed by atoms with Crippen LogP contribution in [0.4, 0.5) is 18.9 Å². The predicted octanol–water partition coefficient (Wildman–Crippen LogP) is 6.88. The van der Waals surface area contributed by atoms with E-state index in [2.05, 4.69) is 15.5 Å². The fourth-order valence-electron chi connectivity index (χ4n) is 3.56. The Kier molecular flexibility index (Phi) is 7.70. The molecule has 4 rings (SSSR count). The van der Waals surface area contributed by atoms with Gasteiger partial charge >= 0.3 is 6.18 Å². The fraction of sp³-hybridized carbons (Fsp3) is 0.192. The van der Waals surface area contributed by atoms with E-state index in [0.717, 1.165) is 46.3 Å². The molecule has 10 heteroatoms. The highest BCUT2D eigenvalue weighted by Crippen LogP contribution is 2.36. The Morgan fingerprint density at radius 2 is 1.75 bits per heavy atom. The number of hydrogen-bond acceptors (Lipinski definition) is 4. The van der Waals surface area contributed by atoms with Crippen LogP contribution in [0.25, 0.3) is 5.69 Å². The molecular formula is C26H22ClF3N4OS. The van der Waals surface area contributed by atoms with Crippen molar-refractivity contribution in [3.05, 3.63) is 99.8 Å². The normalized spacial score (nSPS) is 11.5. The molecule has 5 nitrogen and oxygen atoms in total. The van der Waals surface area contributed by atoms with Gasteiger partial charge in [-0.15, -0.1) is 10.2 Å². The van der Waals surface area contributed by atoms with Crippen LogP contribution in [0.1, 0.15) is 28.1 Å². The Morgan fingerprint density at radius 1 is 1.00 bits per heavy atom. The van der Waals surface area contributed by atoms with Gasteiger partial charge in [-0.2, -0.15) is 13.2 Å². The van der Waals surface area contributed by atoms with Gasteiger partial charge in [0.05, 0.1) is 16.3 Å². The number of thioether (sulfide) groups is 1. The minimum absolute atomic E-state index is 0.0118. The van der Waals surface area contributed by atoms with Crippen molar-refractivity contribution in [3.63, 3.8) is 0 Å². The maximum atomic E-state index is 13.1. The van der Waals surface area contributed by atoms with Crippen LogP contribution in [0.15, 0.2) is 71.9 Å². The molecule has 1 N–H and O–H groups in total. The van der Waals surface area contributed by atoms with Crippen LogP contribution in [-0.2, 0) is 17.4 Å². The molecule has 0 aliphatic rings. The van der Waals surface area contributed by atoms with E-state index in [0.29, 0.717) is 17.4 Å². The number of nitrogens with one attached hydrogen (secondary N) is 1. The molecule has 0 saturated carbocycles. The van der Waals surface area contributed by atoms with E-state index in [4.69, 9.17) is 11.6 Å². The average Bonchev–Trinajstić information content (AvgIpc) is 3.23. The highest BCUT2D eigenvalue weighted by Gasteiger charge is 2.33. The number of rotatable bonds is 7. The van der Waals surface area contributed by atoms with Gasteiger partial charge in [0, 0.05) is 17.8 Å². The number of halogens is 4. The van der Waals surface area contributed by atoms with Crippen molar-refractivity contribution in [1.82, 2.24) is 14.8 Å². The van der Waals surface area contributed by atoms with Crippen LogP contribution in [0.2, 0.25) is 5.02 Å². The molecule has 0 bridgehead atoms. The zero-order valence-corrected chi connectivity index (χ0v) is 21.0. The summed E-state index contributed by atoms with van der Waals surface area (Å²) in [6.07, 6.45) is -4.08. The third-order valence-electron chi connectivity index (χ3n) is 5.54. The summed E-state index contributed by atoms with van der Waals surface area (Å²) >= 11 is 6.81. The minimum Gasteiger partial charge on any atom is -0.325 e. The van der Waals surface area contributed by atoms with Crippen LogP contribution in [0, 0.1) is 13.8 Å². The van der Waals surface area contributed by atoms with Gasteiger partial charge in [0.15, 0.2) is 5.16 Å². The van der Waals surface area contributed by atoms with E-state index in [1.807, 2.05) is 66.9 Å². The molecule has 0 atom stereocenters. The highest BCUT2D eigenvalue weighted by molar-refractivity contribution is 7.99. The summed E-state index contributed by atoms with van der Waals surface area (Å²) in [5.41, 5.74) is 3.18. The number of aromatic nitrogens is 3. The Bertz CT molecular complexity index is 1390. The van der Waals surface area contributed by atoms with Crippen LogP contribution in [0.5, 0.6) is 0 Å². The standard InChI is InChI=1S/C26H22ClF3N4OS/c1-16-8-10-20(12-17(16)2)34-23(13-18-6-4-3-5-7-18)32-33-25(34)36-15-24(35)31-19-9-11-22(27)21(14-19)26(28,29)30/h3-12,14H,13,15H2,1-2H3,(H,31,35). The molecule has 4 aromatic rings. The lowest BCUT2D eigenvalue weighted by molar-refractivity contribution is -0.137. The Hall–Kier alpha value is -3.30. The second-order valence-corrected chi connectivity index (χ2v) is 9.54. The van der Waals surface area contributed by atoms with Crippen LogP contribution >= 0.6 is 23.4 Å². The van der Waals surface area contributed by atoms with Crippen molar-refractivity contribution in [3.8, 4) is 5.69 Å². The number of alkyl halides is 3. The lowest BCUT2D eigenvalue weighted by Gasteiger charge is -2.13. The molecular weight excluding hydrogens is 509 g/mol. The molecule has 0 spiro atoms. The Labute approximate surface area is 215 Å². The first kappa shape index (κ1) is 25.8. The van der Waals surface area contributed by atoms with Crippen LogP contribution < -0.4 is 5.32 Å². The van der Waals surface area contributed by atoms with Crippen molar-refractivity contribution >= 4 is 35.0 Å². The summed E-state index contributed by atoms with van der Waals surface area (Å²) in [6, 6.07) is 19.1. The van der Waals surface area contributed by atoms with Crippen molar-refractivity contribution in [2.24, 2.45) is 0 Å². The topological polar surface area (TPSA) is 59.8 Å². The number of nitrogens with zero attached hydrogens (tertiary/aromatic N) is 3. The molecule has 1 aromatic heterocycles. The molecule has 0 fully saturated rings. The molecule has 0 aliphatic heterocycles. The van der Waals surface area contributed by atoms with E-state index in [1.165, 1.54) is 6.07 Å². The van der Waals surface area contributed by atoms with Gasteiger partial charge in [-0.3, -0.25) is 9.36 Å². The van der Waals surface area contributed by atoms with Gasteiger partial charge in [-0.05, 0) is 60.9 Å². The summed E-state index contributed by atoms with van der Waals surface area (Å²) in [7, 11) is 0. The number of carbonyl (C=O) groups is 1. The summed E-state index contributed by atoms with van der Waals surface area (Å²) in [6.45, 7) is 4.04. The fourth-order valence-corrected chi connectivity index (χ4v) is 4.55. The maximum Gasteiger partial charge on any atom is 0.417 e. The van der Waals surface area contributed by atoms with Crippen LogP contribution in [-0.4, -0.2) is 26.4 Å². The second kappa shape index (κ2) is 10.8. The molecule has 1 amide bonds. The van der Waals surface area contributed by atoms with Crippen molar-refractivity contribution in [1.29, 1.82) is 0 Å². The molecule has 0 unspecified atom stereocenters. The maximum absolute atomic E-state index is 13.1. The van der Waals surface area contributed by atoms with Crippen molar-refractivity contribution in [2.45, 2.75) is 31.6 Å². The van der Waals surface area contributed by atoms with Crippen molar-refractivity contribution < 1.29 is 18.0 Å². The molecule has 186 valence electrons. The number of hydrogen-bond donors (Lipinski definition) is 1. The van der Waals surface area contributed by atoms with Gasteiger partial charge in [0.25, 0.3) is 0 Å². The molecule has 3 aromatic carbocycles. The van der Waals surface area contributed by atoms with E-state index >= 15 is 0 Å². The van der Waals surface area contributed by atoms with Gasteiger partial charge in [-0.1, -0.05) is 59.8 Å². The summed E-state index contributed by atoms with van der Waals surface area (Å²) in [4.78, 5) is 12.6. The molecule has 0 aliphatic carbocycles. The number of aryl methyl sites for hydroxylation is 2. The van der Waals surface area contributed by atoms with Gasteiger partial charge < -0.3 is 5.32 Å². The molecule has 0 saturated heterocycles. The molecule has 0 radical (unpaired) electrons. The van der Waals surface area contributed by atoms with Crippen LogP contribution in [0.3, 0.4) is 0 Å². The SMILES string of the molecule is Cc1ccc(-n2c(Cc3ccccc3)nnc2SCC(=O)Nc2ccc(Cl)c(C(F)(F)F)c2)cc1C. The van der Waals surface area contributed by atoms with E-state index in [9.17, 15) is 18.0 Å². The minimum atomic E-state index is -4.62. The first-order chi connectivity index (χ1) is 17.1. The smallest absolute Gasteiger partial charge is 0.325 e. The summed E-state index contributed by atoms with van der Waals surface area (Å²) in [5.74, 6) is 0.160. The number of anilines is 1. The van der Waals surface area contributed by atoms with E-state index < -0.39 is 22.7 Å². The van der Waals surface area contributed by atoms with Gasteiger partial charge in [0.1, 0.15) is 5.82 Å². The zero-order chi connectivity index (χ0) is 25.9.